The van der Waals surface area contributed by atoms with E-state index in [4.69, 9.17) is 0 Å². The minimum Gasteiger partial charge on any atom is -0.493 e. The molecule has 0 unspecified atom stereocenters. The third-order valence-electron chi connectivity index (χ3n) is 3.79. The van der Waals surface area contributed by atoms with E-state index < -0.39 is 5.91 Å². The van der Waals surface area contributed by atoms with Gasteiger partial charge in [-0.1, -0.05) is 25.1 Å². The summed E-state index contributed by atoms with van der Waals surface area (Å²) in [5, 5.41) is 20.9. The molecule has 0 atom stereocenters. The van der Waals surface area contributed by atoms with Crippen LogP contribution in [0.5, 0.6) is 5.88 Å². The minimum absolute atomic E-state index is 0.0684. The lowest BCUT2D eigenvalue weighted by Crippen LogP contribution is -2.10. The fraction of sp³-hybridized carbons (Fsp3) is 0.158. The van der Waals surface area contributed by atoms with Crippen LogP contribution in [0.15, 0.2) is 58.8 Å². The molecule has 0 aliphatic heterocycles. The summed E-state index contributed by atoms with van der Waals surface area (Å²) in [4.78, 5) is 26.5. The first kappa shape index (κ1) is 17.3. The van der Waals surface area contributed by atoms with Crippen LogP contribution in [0.25, 0.3) is 10.9 Å². The number of H-pyrrole nitrogens is 1. The molecule has 132 valence electrons. The Labute approximate surface area is 149 Å². The van der Waals surface area contributed by atoms with Crippen molar-refractivity contribution in [3.63, 3.8) is 0 Å². The quantitative estimate of drug-likeness (QED) is 0.588. The van der Waals surface area contributed by atoms with E-state index in [1.165, 1.54) is 0 Å². The number of benzene rings is 2. The molecule has 3 aromatic rings. The minimum atomic E-state index is -0.541. The number of para-hydroxylation sites is 1. The second-order valence-corrected chi connectivity index (χ2v) is 5.75. The van der Waals surface area contributed by atoms with Crippen molar-refractivity contribution in [3.05, 3.63) is 54.1 Å². The summed E-state index contributed by atoms with van der Waals surface area (Å²) in [6.45, 7) is 1.93. The average Bonchev–Trinajstić information content (AvgIpc) is 2.95. The van der Waals surface area contributed by atoms with Crippen molar-refractivity contribution in [1.29, 1.82) is 0 Å². The summed E-state index contributed by atoms with van der Waals surface area (Å²) < 4.78 is 0. The van der Waals surface area contributed by atoms with Gasteiger partial charge in [-0.05, 0) is 36.8 Å². The monoisotopic (exact) mass is 350 g/mol. The van der Waals surface area contributed by atoms with Crippen LogP contribution in [0.2, 0.25) is 0 Å². The Balaban J connectivity index is 1.74. The summed E-state index contributed by atoms with van der Waals surface area (Å²) in [6.07, 6.45) is 1.21. The lowest BCUT2D eigenvalue weighted by molar-refractivity contribution is -0.116. The van der Waals surface area contributed by atoms with Crippen LogP contribution < -0.4 is 5.32 Å². The number of hydrogen-bond donors (Lipinski definition) is 3. The molecule has 0 fully saturated rings. The number of aromatic nitrogens is 1. The van der Waals surface area contributed by atoms with E-state index in [1.54, 1.807) is 36.4 Å². The Kier molecular flexibility index (Phi) is 5.07. The predicted molar refractivity (Wildman–Crippen MR) is 98.8 cm³/mol. The Morgan fingerprint density at radius 2 is 1.85 bits per heavy atom. The van der Waals surface area contributed by atoms with Crippen LogP contribution in [-0.2, 0) is 4.79 Å². The van der Waals surface area contributed by atoms with Gasteiger partial charge in [0, 0.05) is 23.1 Å². The average molecular weight is 350 g/mol. The molecule has 0 spiro atoms. The highest BCUT2D eigenvalue weighted by Crippen LogP contribution is 2.35. The number of nitrogens with zero attached hydrogens (tertiary/aromatic N) is 2. The third-order valence-corrected chi connectivity index (χ3v) is 3.79. The summed E-state index contributed by atoms with van der Waals surface area (Å²) in [6, 6.07) is 13.6. The molecule has 7 heteroatoms. The number of nitrogens with one attached hydrogen (secondary N) is 2. The number of carbonyl (C=O) groups excluding carboxylic acids is 2. The van der Waals surface area contributed by atoms with Crippen LogP contribution in [0.4, 0.5) is 11.4 Å². The van der Waals surface area contributed by atoms with Crippen LogP contribution in [-0.4, -0.2) is 21.9 Å². The molecule has 0 radical (unpaired) electrons. The molecule has 2 amide bonds. The van der Waals surface area contributed by atoms with E-state index in [0.29, 0.717) is 28.6 Å². The molecule has 1 aromatic heterocycles. The fourth-order valence-electron chi connectivity index (χ4n) is 2.51. The molecule has 3 N–H and O–H groups in total. The molecule has 2 aromatic carbocycles. The predicted octanol–water partition coefficient (Wildman–Crippen LogP) is 4.54. The summed E-state index contributed by atoms with van der Waals surface area (Å²) in [5.74, 6) is -0.751. The number of carbonyl (C=O) groups is 2. The Bertz CT molecular complexity index is 974. The van der Waals surface area contributed by atoms with Gasteiger partial charge < -0.3 is 15.4 Å². The Morgan fingerprint density at radius 3 is 2.58 bits per heavy atom. The molecular weight excluding hydrogens is 332 g/mol. The SMILES string of the molecule is CCCC(=O)Nc1ccc(C(=O)N=Nc2c(O)[nH]c3ccccc23)cc1. The smallest absolute Gasteiger partial charge is 0.295 e. The lowest BCUT2D eigenvalue weighted by atomic mass is 10.2. The molecule has 7 nitrogen and oxygen atoms in total. The van der Waals surface area contributed by atoms with Gasteiger partial charge in [-0.3, -0.25) is 9.59 Å². The maximum Gasteiger partial charge on any atom is 0.295 e. The topological polar surface area (TPSA) is 107 Å². The van der Waals surface area contributed by atoms with E-state index in [-0.39, 0.29) is 17.5 Å². The van der Waals surface area contributed by atoms with Crippen LogP contribution in [0.3, 0.4) is 0 Å². The van der Waals surface area contributed by atoms with Crippen molar-refractivity contribution in [3.8, 4) is 5.88 Å². The van der Waals surface area contributed by atoms with Crippen molar-refractivity contribution >= 4 is 34.1 Å². The maximum atomic E-state index is 12.2. The molecule has 1 heterocycles. The number of rotatable bonds is 5. The zero-order chi connectivity index (χ0) is 18.5. The number of azo groups is 1. The largest absolute Gasteiger partial charge is 0.493 e. The number of aromatic hydroxyl groups is 1. The van der Waals surface area contributed by atoms with Gasteiger partial charge in [0.15, 0.2) is 5.69 Å². The summed E-state index contributed by atoms with van der Waals surface area (Å²) in [7, 11) is 0. The van der Waals surface area contributed by atoms with E-state index in [2.05, 4.69) is 20.5 Å². The van der Waals surface area contributed by atoms with Crippen LogP contribution >= 0.6 is 0 Å². The van der Waals surface area contributed by atoms with Crippen LogP contribution in [0.1, 0.15) is 30.1 Å². The summed E-state index contributed by atoms with van der Waals surface area (Å²) >= 11 is 0. The molecular formula is C19H18N4O3. The van der Waals surface area contributed by atoms with Gasteiger partial charge >= 0.3 is 0 Å². The number of anilines is 1. The molecule has 3 rings (SSSR count). The van der Waals surface area contributed by atoms with E-state index in [9.17, 15) is 14.7 Å². The number of hydrogen-bond acceptors (Lipinski definition) is 4. The van der Waals surface area contributed by atoms with Gasteiger partial charge in [-0.25, -0.2) is 0 Å². The molecule has 0 saturated heterocycles. The third kappa shape index (κ3) is 3.77. The Hall–Kier alpha value is -3.48. The molecule has 26 heavy (non-hydrogen) atoms. The first-order valence-corrected chi connectivity index (χ1v) is 8.24. The normalized spacial score (nSPS) is 11.1. The van der Waals surface area contributed by atoms with Crippen molar-refractivity contribution in [2.75, 3.05) is 5.32 Å². The van der Waals surface area contributed by atoms with Crippen LogP contribution in [0, 0.1) is 0 Å². The first-order valence-electron chi connectivity index (χ1n) is 8.24. The van der Waals surface area contributed by atoms with Gasteiger partial charge in [-0.2, -0.15) is 0 Å². The standard InChI is InChI=1S/C19H18N4O3/c1-2-5-16(24)20-13-10-8-12(9-11-13)18(25)23-22-17-14-6-3-4-7-15(14)21-19(17)26/h3-4,6-11,21,26H,2,5H2,1H3,(H,20,24). The number of amides is 2. The maximum absolute atomic E-state index is 12.2. The highest BCUT2D eigenvalue weighted by molar-refractivity contribution is 5.97. The zero-order valence-electron chi connectivity index (χ0n) is 14.2. The van der Waals surface area contributed by atoms with Crippen molar-refractivity contribution in [2.45, 2.75) is 19.8 Å². The van der Waals surface area contributed by atoms with Gasteiger partial charge in [0.25, 0.3) is 5.91 Å². The second kappa shape index (κ2) is 7.60. The van der Waals surface area contributed by atoms with Crippen molar-refractivity contribution in [1.82, 2.24) is 4.98 Å². The van der Waals surface area contributed by atoms with Gasteiger partial charge in [0.2, 0.25) is 11.8 Å². The van der Waals surface area contributed by atoms with E-state index >= 15 is 0 Å². The van der Waals surface area contributed by atoms with Crippen molar-refractivity contribution in [2.24, 2.45) is 10.2 Å². The number of aromatic amines is 1. The molecule has 0 aliphatic carbocycles. The van der Waals surface area contributed by atoms with E-state index in [1.807, 2.05) is 19.1 Å². The van der Waals surface area contributed by atoms with Gasteiger partial charge in [0.05, 0.1) is 5.52 Å². The highest BCUT2D eigenvalue weighted by Gasteiger charge is 2.11. The van der Waals surface area contributed by atoms with Gasteiger partial charge in [-0.15, -0.1) is 10.2 Å². The fourth-order valence-corrected chi connectivity index (χ4v) is 2.51. The first-order chi connectivity index (χ1) is 12.6. The molecule has 0 aliphatic rings. The number of fused-ring (bicyclic) bond motifs is 1. The second-order valence-electron chi connectivity index (χ2n) is 5.75. The lowest BCUT2D eigenvalue weighted by Gasteiger charge is -2.04. The van der Waals surface area contributed by atoms with Crippen molar-refractivity contribution < 1.29 is 14.7 Å². The Morgan fingerprint density at radius 1 is 1.12 bits per heavy atom. The zero-order valence-corrected chi connectivity index (χ0v) is 14.2. The van der Waals surface area contributed by atoms with Gasteiger partial charge in [0.1, 0.15) is 0 Å². The summed E-state index contributed by atoms with van der Waals surface area (Å²) in [5.41, 5.74) is 1.88. The highest BCUT2D eigenvalue weighted by atomic mass is 16.3. The molecule has 0 bridgehead atoms. The van der Waals surface area contributed by atoms with E-state index in [0.717, 1.165) is 6.42 Å². The molecule has 0 saturated carbocycles.